The Labute approximate surface area is 105 Å². The number of hydrogen-bond donors (Lipinski definition) is 2. The van der Waals surface area contributed by atoms with E-state index in [0.29, 0.717) is 11.5 Å². The second kappa shape index (κ2) is 4.77. The van der Waals surface area contributed by atoms with Gasteiger partial charge in [0, 0.05) is 16.9 Å². The molecule has 2 rings (SSSR count). The number of hydrogen-bond acceptors (Lipinski definition) is 4. The highest BCUT2D eigenvalue weighted by atomic mass is 32.1. The van der Waals surface area contributed by atoms with Crippen LogP contribution in [-0.4, -0.2) is 24.7 Å². The van der Waals surface area contributed by atoms with Crippen LogP contribution in [0.2, 0.25) is 0 Å². The van der Waals surface area contributed by atoms with Crippen LogP contribution in [0, 0.1) is 0 Å². The van der Waals surface area contributed by atoms with Gasteiger partial charge in [0.05, 0.1) is 17.0 Å². The summed E-state index contributed by atoms with van der Waals surface area (Å²) >= 11 is 5.61. The molecule has 1 aliphatic rings. The minimum Gasteiger partial charge on any atom is -0.379 e. The van der Waals surface area contributed by atoms with Crippen molar-refractivity contribution in [3.63, 3.8) is 0 Å². The molecule has 0 spiro atoms. The molecule has 1 N–H and O–H groups in total. The second-order valence-corrected chi connectivity index (χ2v) is 5.77. The topological polar surface area (TPSA) is 38.3 Å². The molecular formula is C11H15NO2S2. The SMILES string of the molecule is CC1(NC(=O)c2cc(S)cs2)CCCOC1. The second-order valence-electron chi connectivity index (χ2n) is 4.34. The highest BCUT2D eigenvalue weighted by Crippen LogP contribution is 2.21. The molecule has 5 heteroatoms. The molecule has 1 aromatic heterocycles. The number of nitrogens with one attached hydrogen (secondary N) is 1. The molecule has 88 valence electrons. The zero-order chi connectivity index (χ0) is 11.6. The minimum atomic E-state index is -0.226. The first-order valence-corrected chi connectivity index (χ1v) is 6.59. The highest BCUT2D eigenvalue weighted by molar-refractivity contribution is 7.80. The van der Waals surface area contributed by atoms with Crippen LogP contribution < -0.4 is 5.32 Å². The fraction of sp³-hybridized carbons (Fsp3) is 0.545. The number of rotatable bonds is 2. The van der Waals surface area contributed by atoms with Crippen LogP contribution in [0.4, 0.5) is 0 Å². The normalized spacial score (nSPS) is 25.4. The minimum absolute atomic E-state index is 0.0294. The number of thiophene rings is 1. The molecule has 1 atom stereocenters. The van der Waals surface area contributed by atoms with Crippen molar-refractivity contribution in [2.75, 3.05) is 13.2 Å². The number of thiol groups is 1. The summed E-state index contributed by atoms with van der Waals surface area (Å²) in [5.74, 6) is -0.0294. The van der Waals surface area contributed by atoms with E-state index < -0.39 is 0 Å². The van der Waals surface area contributed by atoms with Gasteiger partial charge in [-0.15, -0.1) is 24.0 Å². The van der Waals surface area contributed by atoms with Crippen LogP contribution in [0.3, 0.4) is 0 Å². The average molecular weight is 257 g/mol. The zero-order valence-corrected chi connectivity index (χ0v) is 10.9. The third-order valence-corrected chi connectivity index (χ3v) is 4.02. The summed E-state index contributed by atoms with van der Waals surface area (Å²) in [6.07, 6.45) is 1.97. The molecule has 1 aromatic rings. The maximum Gasteiger partial charge on any atom is 0.261 e. The van der Waals surface area contributed by atoms with Gasteiger partial charge in [-0.25, -0.2) is 0 Å². The molecule has 3 nitrogen and oxygen atoms in total. The van der Waals surface area contributed by atoms with E-state index in [-0.39, 0.29) is 11.4 Å². The first-order chi connectivity index (χ1) is 7.59. The molecule has 0 saturated carbocycles. The predicted molar refractivity (Wildman–Crippen MR) is 67.5 cm³/mol. The standard InChI is InChI=1S/C11H15NO2S2/c1-11(3-2-4-14-7-11)12-10(13)9-5-8(15)6-16-9/h5-6,15H,2-4,7H2,1H3,(H,12,13). The largest absolute Gasteiger partial charge is 0.379 e. The van der Waals surface area contributed by atoms with E-state index in [0.717, 1.165) is 24.3 Å². The van der Waals surface area contributed by atoms with Gasteiger partial charge in [-0.3, -0.25) is 4.79 Å². The lowest BCUT2D eigenvalue weighted by atomic mass is 9.95. The van der Waals surface area contributed by atoms with Crippen LogP contribution in [0.5, 0.6) is 0 Å². The van der Waals surface area contributed by atoms with Gasteiger partial charge in [0.25, 0.3) is 5.91 Å². The first-order valence-electron chi connectivity index (χ1n) is 5.27. The summed E-state index contributed by atoms with van der Waals surface area (Å²) in [4.78, 5) is 13.5. The Morgan fingerprint density at radius 2 is 2.50 bits per heavy atom. The summed E-state index contributed by atoms with van der Waals surface area (Å²) < 4.78 is 5.40. The maximum absolute atomic E-state index is 11.9. The van der Waals surface area contributed by atoms with Gasteiger partial charge in [0.1, 0.15) is 0 Å². The lowest BCUT2D eigenvalue weighted by Crippen LogP contribution is -2.51. The van der Waals surface area contributed by atoms with Gasteiger partial charge in [-0.2, -0.15) is 0 Å². The van der Waals surface area contributed by atoms with Crippen molar-refractivity contribution in [2.45, 2.75) is 30.2 Å². The Kier molecular flexibility index (Phi) is 3.56. The smallest absolute Gasteiger partial charge is 0.261 e. The van der Waals surface area contributed by atoms with E-state index in [4.69, 9.17) is 4.74 Å². The molecule has 0 aromatic carbocycles. The van der Waals surface area contributed by atoms with Gasteiger partial charge in [0.2, 0.25) is 0 Å². The Morgan fingerprint density at radius 3 is 3.06 bits per heavy atom. The molecule has 1 aliphatic heterocycles. The lowest BCUT2D eigenvalue weighted by molar-refractivity contribution is 0.0274. The van der Waals surface area contributed by atoms with E-state index in [9.17, 15) is 4.79 Å². The number of amides is 1. The molecule has 1 fully saturated rings. The van der Waals surface area contributed by atoms with E-state index in [2.05, 4.69) is 17.9 Å². The van der Waals surface area contributed by atoms with Crippen molar-refractivity contribution in [3.8, 4) is 0 Å². The van der Waals surface area contributed by atoms with E-state index >= 15 is 0 Å². The molecule has 0 radical (unpaired) electrons. The van der Waals surface area contributed by atoms with E-state index in [1.807, 2.05) is 12.3 Å². The van der Waals surface area contributed by atoms with E-state index in [1.165, 1.54) is 11.3 Å². The first kappa shape index (κ1) is 12.0. The van der Waals surface area contributed by atoms with Crippen molar-refractivity contribution >= 4 is 29.9 Å². The fourth-order valence-electron chi connectivity index (χ4n) is 1.81. The Hall–Kier alpha value is -0.520. The van der Waals surface area contributed by atoms with Crippen molar-refractivity contribution in [1.29, 1.82) is 0 Å². The molecule has 0 aliphatic carbocycles. The Balaban J connectivity index is 2.01. The molecule has 1 unspecified atom stereocenters. The summed E-state index contributed by atoms with van der Waals surface area (Å²) in [5, 5.41) is 4.90. The van der Waals surface area contributed by atoms with Gasteiger partial charge in [-0.1, -0.05) is 0 Å². The molecule has 2 heterocycles. The summed E-state index contributed by atoms with van der Waals surface area (Å²) in [7, 11) is 0. The number of ether oxygens (including phenoxy) is 1. The fourth-order valence-corrected chi connectivity index (χ4v) is 2.86. The monoisotopic (exact) mass is 257 g/mol. The van der Waals surface area contributed by atoms with Gasteiger partial charge < -0.3 is 10.1 Å². The van der Waals surface area contributed by atoms with E-state index in [1.54, 1.807) is 6.07 Å². The van der Waals surface area contributed by atoms with Crippen LogP contribution >= 0.6 is 24.0 Å². The summed E-state index contributed by atoms with van der Waals surface area (Å²) in [6.45, 7) is 3.42. The molecule has 16 heavy (non-hydrogen) atoms. The number of carbonyl (C=O) groups excluding carboxylic acids is 1. The van der Waals surface area contributed by atoms with Crippen molar-refractivity contribution in [1.82, 2.24) is 5.32 Å². The predicted octanol–water partition coefficient (Wildman–Crippen LogP) is 2.34. The summed E-state index contributed by atoms with van der Waals surface area (Å²) in [5.41, 5.74) is -0.226. The Morgan fingerprint density at radius 1 is 1.69 bits per heavy atom. The summed E-state index contributed by atoms with van der Waals surface area (Å²) in [6, 6.07) is 1.79. The van der Waals surface area contributed by atoms with Crippen LogP contribution in [0.15, 0.2) is 16.3 Å². The van der Waals surface area contributed by atoms with Gasteiger partial charge in [-0.05, 0) is 25.8 Å². The quantitative estimate of drug-likeness (QED) is 0.798. The van der Waals surface area contributed by atoms with Crippen LogP contribution in [0.25, 0.3) is 0 Å². The molecule has 1 saturated heterocycles. The van der Waals surface area contributed by atoms with Crippen molar-refractivity contribution in [3.05, 3.63) is 16.3 Å². The molecule has 0 bridgehead atoms. The number of carbonyl (C=O) groups is 1. The van der Waals surface area contributed by atoms with Crippen LogP contribution in [-0.2, 0) is 4.74 Å². The Bertz CT molecular complexity index is 383. The molecular weight excluding hydrogens is 242 g/mol. The zero-order valence-electron chi connectivity index (χ0n) is 9.16. The average Bonchev–Trinajstić information content (AvgIpc) is 2.65. The van der Waals surface area contributed by atoms with Crippen molar-refractivity contribution < 1.29 is 9.53 Å². The lowest BCUT2D eigenvalue weighted by Gasteiger charge is -2.34. The van der Waals surface area contributed by atoms with Crippen LogP contribution in [0.1, 0.15) is 29.4 Å². The van der Waals surface area contributed by atoms with Gasteiger partial charge >= 0.3 is 0 Å². The molecule has 1 amide bonds. The maximum atomic E-state index is 11.9. The van der Waals surface area contributed by atoms with Gasteiger partial charge in [0.15, 0.2) is 0 Å². The third-order valence-electron chi connectivity index (χ3n) is 2.66. The van der Waals surface area contributed by atoms with Crippen molar-refractivity contribution in [2.24, 2.45) is 0 Å². The third kappa shape index (κ3) is 2.78. The highest BCUT2D eigenvalue weighted by Gasteiger charge is 2.29.